The smallest absolute Gasteiger partial charge is 0.161 e. The molecular formula is C11H12BrFO2. The van der Waals surface area contributed by atoms with Gasteiger partial charge in [-0.1, -0.05) is 22.5 Å². The highest BCUT2D eigenvalue weighted by molar-refractivity contribution is 9.10. The average molecular weight is 275 g/mol. The van der Waals surface area contributed by atoms with Gasteiger partial charge in [-0.05, 0) is 23.3 Å². The number of hydrogen-bond donors (Lipinski definition) is 0. The number of methoxy groups -OCH3 is 2. The van der Waals surface area contributed by atoms with Gasteiger partial charge in [0.25, 0.3) is 0 Å². The summed E-state index contributed by atoms with van der Waals surface area (Å²) in [6.07, 6.45) is 0. The zero-order valence-corrected chi connectivity index (χ0v) is 10.2. The van der Waals surface area contributed by atoms with Crippen molar-refractivity contribution in [3.63, 3.8) is 0 Å². The fourth-order valence-corrected chi connectivity index (χ4v) is 1.80. The van der Waals surface area contributed by atoms with Crippen molar-refractivity contribution in [2.45, 2.75) is 0 Å². The second kappa shape index (κ2) is 5.16. The average Bonchev–Trinajstić information content (AvgIpc) is 2.27. The standard InChI is InChI=1S/C11H12BrFO2/c1-7(6-13)8-4-10(14-2)11(15-3)5-9(8)12/h4-5H,1,6H2,2-3H3. The van der Waals surface area contributed by atoms with Crippen LogP contribution < -0.4 is 9.47 Å². The quantitative estimate of drug-likeness (QED) is 0.837. The predicted molar refractivity (Wildman–Crippen MR) is 62.3 cm³/mol. The molecule has 0 heterocycles. The third-order valence-electron chi connectivity index (χ3n) is 2.02. The Morgan fingerprint density at radius 1 is 1.33 bits per heavy atom. The van der Waals surface area contributed by atoms with Crippen LogP contribution in [0.15, 0.2) is 23.2 Å². The molecule has 2 nitrogen and oxygen atoms in total. The van der Waals surface area contributed by atoms with Crippen molar-refractivity contribution in [1.29, 1.82) is 0 Å². The van der Waals surface area contributed by atoms with E-state index < -0.39 is 6.67 Å². The van der Waals surface area contributed by atoms with Gasteiger partial charge in [-0.15, -0.1) is 0 Å². The third-order valence-corrected chi connectivity index (χ3v) is 2.67. The molecule has 82 valence electrons. The number of allylic oxidation sites excluding steroid dienone is 1. The Balaban J connectivity index is 3.25. The zero-order chi connectivity index (χ0) is 11.4. The summed E-state index contributed by atoms with van der Waals surface area (Å²) in [7, 11) is 3.09. The summed E-state index contributed by atoms with van der Waals surface area (Å²) in [6, 6.07) is 3.43. The zero-order valence-electron chi connectivity index (χ0n) is 8.64. The molecule has 1 rings (SSSR count). The lowest BCUT2D eigenvalue weighted by atomic mass is 10.1. The molecule has 0 spiro atoms. The van der Waals surface area contributed by atoms with Gasteiger partial charge < -0.3 is 9.47 Å². The summed E-state index contributed by atoms with van der Waals surface area (Å²) >= 11 is 3.33. The monoisotopic (exact) mass is 274 g/mol. The van der Waals surface area contributed by atoms with Crippen molar-refractivity contribution in [3.05, 3.63) is 28.7 Å². The van der Waals surface area contributed by atoms with E-state index in [0.717, 1.165) is 4.47 Å². The molecule has 0 bridgehead atoms. The highest BCUT2D eigenvalue weighted by atomic mass is 79.9. The van der Waals surface area contributed by atoms with Gasteiger partial charge in [0.05, 0.1) is 14.2 Å². The Bertz CT molecular complexity index is 377. The minimum atomic E-state index is -0.589. The molecule has 1 aromatic carbocycles. The molecule has 0 amide bonds. The lowest BCUT2D eigenvalue weighted by Crippen LogP contribution is -1.94. The first-order valence-corrected chi connectivity index (χ1v) is 5.09. The summed E-state index contributed by atoms with van der Waals surface area (Å²) in [5.74, 6) is 1.16. The highest BCUT2D eigenvalue weighted by Crippen LogP contribution is 2.35. The number of hydrogen-bond acceptors (Lipinski definition) is 2. The second-order valence-electron chi connectivity index (χ2n) is 2.92. The molecular weight excluding hydrogens is 263 g/mol. The van der Waals surface area contributed by atoms with E-state index in [1.165, 1.54) is 7.11 Å². The van der Waals surface area contributed by atoms with Gasteiger partial charge in [0.15, 0.2) is 11.5 Å². The van der Waals surface area contributed by atoms with Crippen LogP contribution in [-0.4, -0.2) is 20.9 Å². The molecule has 1 aromatic rings. The Morgan fingerprint density at radius 3 is 2.33 bits per heavy atom. The van der Waals surface area contributed by atoms with Crippen LogP contribution in [0.2, 0.25) is 0 Å². The molecule has 0 aromatic heterocycles. The summed E-state index contributed by atoms with van der Waals surface area (Å²) in [4.78, 5) is 0. The molecule has 0 unspecified atom stereocenters. The predicted octanol–water partition coefficient (Wildman–Crippen LogP) is 3.45. The molecule has 0 saturated carbocycles. The first kappa shape index (κ1) is 12.0. The Hall–Kier alpha value is -1.03. The van der Waals surface area contributed by atoms with Crippen LogP contribution in [0.25, 0.3) is 5.57 Å². The first-order valence-electron chi connectivity index (χ1n) is 4.29. The van der Waals surface area contributed by atoms with Gasteiger partial charge in [-0.3, -0.25) is 0 Å². The van der Waals surface area contributed by atoms with Crippen LogP contribution in [0, 0.1) is 0 Å². The molecule has 0 aliphatic rings. The largest absolute Gasteiger partial charge is 0.493 e. The fourth-order valence-electron chi connectivity index (χ4n) is 1.20. The van der Waals surface area contributed by atoms with Crippen molar-refractivity contribution in [2.75, 3.05) is 20.9 Å². The van der Waals surface area contributed by atoms with Crippen LogP contribution in [0.3, 0.4) is 0 Å². The van der Waals surface area contributed by atoms with E-state index in [2.05, 4.69) is 22.5 Å². The first-order chi connectivity index (χ1) is 7.13. The summed E-state index contributed by atoms with van der Waals surface area (Å²) in [5, 5.41) is 0. The molecule has 0 atom stereocenters. The van der Waals surface area contributed by atoms with Gasteiger partial charge >= 0.3 is 0 Å². The van der Waals surface area contributed by atoms with E-state index in [0.29, 0.717) is 22.6 Å². The van der Waals surface area contributed by atoms with E-state index in [1.54, 1.807) is 19.2 Å². The van der Waals surface area contributed by atoms with Crippen molar-refractivity contribution >= 4 is 21.5 Å². The van der Waals surface area contributed by atoms with Gasteiger partial charge in [0.1, 0.15) is 6.67 Å². The maximum absolute atomic E-state index is 12.5. The summed E-state index contributed by atoms with van der Waals surface area (Å²) in [5.41, 5.74) is 1.10. The molecule has 0 saturated heterocycles. The van der Waals surface area contributed by atoms with Crippen LogP contribution in [-0.2, 0) is 0 Å². The number of rotatable bonds is 4. The molecule has 0 aliphatic heterocycles. The SMILES string of the molecule is C=C(CF)c1cc(OC)c(OC)cc1Br. The maximum Gasteiger partial charge on any atom is 0.161 e. The Labute approximate surface area is 96.8 Å². The van der Waals surface area contributed by atoms with Crippen molar-refractivity contribution in [3.8, 4) is 11.5 Å². The molecule has 0 N–H and O–H groups in total. The molecule has 4 heteroatoms. The van der Waals surface area contributed by atoms with E-state index >= 15 is 0 Å². The van der Waals surface area contributed by atoms with Gasteiger partial charge in [-0.2, -0.15) is 0 Å². The van der Waals surface area contributed by atoms with E-state index in [4.69, 9.17) is 9.47 Å². The number of alkyl halides is 1. The van der Waals surface area contributed by atoms with Gasteiger partial charge in [-0.25, -0.2) is 4.39 Å². The third kappa shape index (κ3) is 2.50. The lowest BCUT2D eigenvalue weighted by molar-refractivity contribution is 0.354. The second-order valence-corrected chi connectivity index (χ2v) is 3.78. The number of benzene rings is 1. The van der Waals surface area contributed by atoms with Crippen molar-refractivity contribution < 1.29 is 13.9 Å². The van der Waals surface area contributed by atoms with Crippen LogP contribution in [0.1, 0.15) is 5.56 Å². The molecule has 0 aliphatic carbocycles. The lowest BCUT2D eigenvalue weighted by Gasteiger charge is -2.11. The number of halogens is 2. The normalized spacial score (nSPS) is 9.87. The van der Waals surface area contributed by atoms with E-state index in [9.17, 15) is 4.39 Å². The Kier molecular flexibility index (Phi) is 4.15. The Morgan fingerprint density at radius 2 is 1.87 bits per heavy atom. The fraction of sp³-hybridized carbons (Fsp3) is 0.273. The van der Waals surface area contributed by atoms with Crippen LogP contribution >= 0.6 is 15.9 Å². The van der Waals surface area contributed by atoms with Crippen LogP contribution in [0.4, 0.5) is 4.39 Å². The molecule has 0 radical (unpaired) electrons. The van der Waals surface area contributed by atoms with E-state index in [-0.39, 0.29) is 0 Å². The van der Waals surface area contributed by atoms with Gasteiger partial charge in [0, 0.05) is 4.47 Å². The van der Waals surface area contributed by atoms with Gasteiger partial charge in [0.2, 0.25) is 0 Å². The molecule has 0 fully saturated rings. The van der Waals surface area contributed by atoms with Crippen molar-refractivity contribution in [1.82, 2.24) is 0 Å². The number of ether oxygens (including phenoxy) is 2. The molecule has 15 heavy (non-hydrogen) atoms. The summed E-state index contributed by atoms with van der Waals surface area (Å²) < 4.78 is 23.4. The topological polar surface area (TPSA) is 18.5 Å². The minimum Gasteiger partial charge on any atom is -0.493 e. The summed E-state index contributed by atoms with van der Waals surface area (Å²) in [6.45, 7) is 3.04. The van der Waals surface area contributed by atoms with Crippen LogP contribution in [0.5, 0.6) is 11.5 Å². The maximum atomic E-state index is 12.5. The van der Waals surface area contributed by atoms with Crippen molar-refractivity contribution in [2.24, 2.45) is 0 Å². The highest BCUT2D eigenvalue weighted by Gasteiger charge is 2.11. The van der Waals surface area contributed by atoms with E-state index in [1.807, 2.05) is 0 Å². The minimum absolute atomic E-state index is 0.405.